The van der Waals surface area contributed by atoms with Gasteiger partial charge in [0.15, 0.2) is 0 Å². The molecule has 0 unspecified atom stereocenters. The predicted octanol–water partition coefficient (Wildman–Crippen LogP) is 3.53. The summed E-state index contributed by atoms with van der Waals surface area (Å²) in [4.78, 5) is 16.4. The molecular weight excluding hydrogens is 340 g/mol. The SMILES string of the molecule is Cc1cc(C)n(-c2ccc(NC(=O)c3cc(-c4ccncc4)n[nH]3)cc2)n1. The molecule has 134 valence electrons. The zero-order valence-corrected chi connectivity index (χ0v) is 15.0. The second-order valence-electron chi connectivity index (χ2n) is 6.24. The zero-order valence-electron chi connectivity index (χ0n) is 15.0. The van der Waals surface area contributed by atoms with E-state index in [0.29, 0.717) is 17.1 Å². The Bertz CT molecular complexity index is 1080. The molecule has 3 heterocycles. The fourth-order valence-corrected chi connectivity index (χ4v) is 2.88. The average Bonchev–Trinajstić information content (AvgIpc) is 3.30. The normalized spacial score (nSPS) is 10.7. The lowest BCUT2D eigenvalue weighted by Crippen LogP contribution is -2.12. The van der Waals surface area contributed by atoms with Crippen LogP contribution in [0.3, 0.4) is 0 Å². The summed E-state index contributed by atoms with van der Waals surface area (Å²) >= 11 is 0. The molecule has 0 radical (unpaired) electrons. The van der Waals surface area contributed by atoms with Crippen LogP contribution in [0.25, 0.3) is 16.9 Å². The van der Waals surface area contributed by atoms with Gasteiger partial charge in [0.2, 0.25) is 0 Å². The highest BCUT2D eigenvalue weighted by Gasteiger charge is 2.12. The number of benzene rings is 1. The standard InChI is InChI=1S/C20H18N6O/c1-13-11-14(2)26(25-13)17-5-3-16(4-6-17)22-20(27)19-12-18(23-24-19)15-7-9-21-10-8-15/h3-12H,1-2H3,(H,22,27)(H,23,24). The number of hydrogen-bond donors (Lipinski definition) is 2. The lowest BCUT2D eigenvalue weighted by atomic mass is 10.2. The molecule has 2 N–H and O–H groups in total. The minimum absolute atomic E-state index is 0.248. The molecule has 0 saturated heterocycles. The van der Waals surface area contributed by atoms with Gasteiger partial charge in [0.25, 0.3) is 5.91 Å². The number of amides is 1. The van der Waals surface area contributed by atoms with E-state index in [1.54, 1.807) is 18.5 Å². The van der Waals surface area contributed by atoms with Crippen LogP contribution in [0, 0.1) is 13.8 Å². The van der Waals surface area contributed by atoms with Crippen molar-refractivity contribution in [2.45, 2.75) is 13.8 Å². The molecule has 27 heavy (non-hydrogen) atoms. The highest BCUT2D eigenvalue weighted by atomic mass is 16.1. The molecule has 1 amide bonds. The lowest BCUT2D eigenvalue weighted by Gasteiger charge is -2.07. The molecule has 0 aliphatic heterocycles. The van der Waals surface area contributed by atoms with Crippen LogP contribution in [-0.4, -0.2) is 30.9 Å². The molecule has 0 bridgehead atoms. The van der Waals surface area contributed by atoms with Crippen molar-refractivity contribution in [3.63, 3.8) is 0 Å². The molecule has 0 saturated carbocycles. The van der Waals surface area contributed by atoms with Crippen LogP contribution in [0.15, 0.2) is 60.9 Å². The smallest absolute Gasteiger partial charge is 0.273 e. The monoisotopic (exact) mass is 358 g/mol. The second-order valence-corrected chi connectivity index (χ2v) is 6.24. The van der Waals surface area contributed by atoms with E-state index in [4.69, 9.17) is 0 Å². The Morgan fingerprint density at radius 1 is 1.04 bits per heavy atom. The minimum atomic E-state index is -0.248. The van der Waals surface area contributed by atoms with Crippen molar-refractivity contribution in [1.29, 1.82) is 0 Å². The third-order valence-electron chi connectivity index (χ3n) is 4.18. The van der Waals surface area contributed by atoms with Gasteiger partial charge in [0.1, 0.15) is 5.69 Å². The number of anilines is 1. The minimum Gasteiger partial charge on any atom is -0.321 e. The maximum atomic E-state index is 12.5. The van der Waals surface area contributed by atoms with Crippen LogP contribution >= 0.6 is 0 Å². The van der Waals surface area contributed by atoms with Crippen LogP contribution in [-0.2, 0) is 0 Å². The number of hydrogen-bond acceptors (Lipinski definition) is 4. The van der Waals surface area contributed by atoms with E-state index in [-0.39, 0.29) is 5.91 Å². The van der Waals surface area contributed by atoms with Crippen molar-refractivity contribution in [2.75, 3.05) is 5.32 Å². The van der Waals surface area contributed by atoms with E-state index in [9.17, 15) is 4.79 Å². The fourth-order valence-electron chi connectivity index (χ4n) is 2.88. The first-order valence-electron chi connectivity index (χ1n) is 8.51. The number of aromatic nitrogens is 5. The number of nitrogens with zero attached hydrogens (tertiary/aromatic N) is 4. The van der Waals surface area contributed by atoms with Crippen LogP contribution in [0.4, 0.5) is 5.69 Å². The highest BCUT2D eigenvalue weighted by molar-refractivity contribution is 6.03. The fraction of sp³-hybridized carbons (Fsp3) is 0.100. The van der Waals surface area contributed by atoms with Gasteiger partial charge in [-0.1, -0.05) is 0 Å². The van der Waals surface area contributed by atoms with Crippen molar-refractivity contribution in [1.82, 2.24) is 25.0 Å². The van der Waals surface area contributed by atoms with Crippen molar-refractivity contribution < 1.29 is 4.79 Å². The molecule has 4 rings (SSSR count). The van der Waals surface area contributed by atoms with Crippen molar-refractivity contribution in [3.05, 3.63) is 78.0 Å². The molecule has 0 aliphatic rings. The number of aryl methyl sites for hydroxylation is 2. The number of H-pyrrole nitrogens is 1. The van der Waals surface area contributed by atoms with Crippen LogP contribution in [0.1, 0.15) is 21.9 Å². The van der Waals surface area contributed by atoms with Gasteiger partial charge in [-0.3, -0.25) is 14.9 Å². The summed E-state index contributed by atoms with van der Waals surface area (Å²) in [7, 11) is 0. The lowest BCUT2D eigenvalue weighted by molar-refractivity contribution is 0.102. The van der Waals surface area contributed by atoms with E-state index in [1.807, 2.05) is 61.0 Å². The van der Waals surface area contributed by atoms with Crippen LogP contribution in [0.5, 0.6) is 0 Å². The molecule has 0 atom stereocenters. The summed E-state index contributed by atoms with van der Waals surface area (Å²) in [5.41, 5.74) is 5.66. The summed E-state index contributed by atoms with van der Waals surface area (Å²) < 4.78 is 1.87. The molecule has 7 heteroatoms. The second kappa shape index (κ2) is 6.87. The van der Waals surface area contributed by atoms with Gasteiger partial charge in [0, 0.05) is 29.3 Å². The number of nitrogens with one attached hydrogen (secondary N) is 2. The van der Waals surface area contributed by atoms with E-state index in [2.05, 4.69) is 25.6 Å². The average molecular weight is 358 g/mol. The topological polar surface area (TPSA) is 88.5 Å². The third-order valence-corrected chi connectivity index (χ3v) is 4.18. The van der Waals surface area contributed by atoms with Gasteiger partial charge in [-0.15, -0.1) is 0 Å². The first kappa shape index (κ1) is 16.7. The quantitative estimate of drug-likeness (QED) is 0.584. The molecule has 0 aliphatic carbocycles. The van der Waals surface area contributed by atoms with Gasteiger partial charge >= 0.3 is 0 Å². The van der Waals surface area contributed by atoms with Crippen molar-refractivity contribution in [3.8, 4) is 16.9 Å². The van der Waals surface area contributed by atoms with E-state index >= 15 is 0 Å². The van der Waals surface area contributed by atoms with Crippen molar-refractivity contribution in [2.24, 2.45) is 0 Å². The number of carbonyl (C=O) groups excluding carboxylic acids is 1. The maximum Gasteiger partial charge on any atom is 0.273 e. The molecule has 3 aromatic heterocycles. The Labute approximate surface area is 156 Å². The third kappa shape index (κ3) is 3.48. The van der Waals surface area contributed by atoms with E-state index in [1.165, 1.54) is 0 Å². The number of rotatable bonds is 4. The summed E-state index contributed by atoms with van der Waals surface area (Å²) in [5, 5.41) is 14.3. The largest absolute Gasteiger partial charge is 0.321 e. The predicted molar refractivity (Wildman–Crippen MR) is 103 cm³/mol. The van der Waals surface area contributed by atoms with E-state index < -0.39 is 0 Å². The van der Waals surface area contributed by atoms with Gasteiger partial charge in [-0.25, -0.2) is 4.68 Å². The summed E-state index contributed by atoms with van der Waals surface area (Å²) in [6.07, 6.45) is 3.38. The first-order valence-corrected chi connectivity index (χ1v) is 8.51. The molecule has 1 aromatic carbocycles. The molecule has 7 nitrogen and oxygen atoms in total. The summed E-state index contributed by atoms with van der Waals surface area (Å²) in [5.74, 6) is -0.248. The Balaban J connectivity index is 1.49. The number of carbonyl (C=O) groups is 1. The first-order chi connectivity index (χ1) is 13.1. The zero-order chi connectivity index (χ0) is 18.8. The van der Waals surface area contributed by atoms with E-state index in [0.717, 1.165) is 22.6 Å². The number of aromatic amines is 1. The number of pyridine rings is 1. The Morgan fingerprint density at radius 3 is 2.44 bits per heavy atom. The summed E-state index contributed by atoms with van der Waals surface area (Å²) in [6.45, 7) is 3.97. The molecular formula is C20H18N6O. The van der Waals surface area contributed by atoms with Gasteiger partial charge < -0.3 is 5.32 Å². The van der Waals surface area contributed by atoms with Crippen molar-refractivity contribution >= 4 is 11.6 Å². The molecule has 0 spiro atoms. The Morgan fingerprint density at radius 2 is 1.78 bits per heavy atom. The highest BCUT2D eigenvalue weighted by Crippen LogP contribution is 2.18. The maximum absolute atomic E-state index is 12.5. The molecule has 4 aromatic rings. The van der Waals surface area contributed by atoms with Gasteiger partial charge in [-0.05, 0) is 62.4 Å². The Hall–Kier alpha value is -3.74. The van der Waals surface area contributed by atoms with Crippen LogP contribution < -0.4 is 5.32 Å². The summed E-state index contributed by atoms with van der Waals surface area (Å²) in [6, 6.07) is 15.0. The van der Waals surface area contributed by atoms with Gasteiger partial charge in [-0.2, -0.15) is 10.2 Å². The molecule has 0 fully saturated rings. The Kier molecular flexibility index (Phi) is 4.25. The van der Waals surface area contributed by atoms with Gasteiger partial charge in [0.05, 0.1) is 17.1 Å². The van der Waals surface area contributed by atoms with Crippen LogP contribution in [0.2, 0.25) is 0 Å².